The number of hydrogen-bond acceptors (Lipinski definition) is 4. The number of nitrogens with zero attached hydrogens (tertiary/aromatic N) is 3. The van der Waals surface area contributed by atoms with Gasteiger partial charge in [0.25, 0.3) is 0 Å². The number of hydrogen-bond donors (Lipinski definition) is 1. The molecule has 2 aliphatic heterocycles. The highest BCUT2D eigenvalue weighted by atomic mass is 16.3. The average molecular weight is 340 g/mol. The zero-order valence-corrected chi connectivity index (χ0v) is 14.4. The molecule has 0 saturated carbocycles. The molecule has 0 aliphatic carbocycles. The molecule has 2 fully saturated rings. The van der Waals surface area contributed by atoms with Crippen LogP contribution in [-0.4, -0.2) is 53.5 Å². The lowest BCUT2D eigenvalue weighted by Gasteiger charge is -2.21. The van der Waals surface area contributed by atoms with Gasteiger partial charge in [-0.05, 0) is 62.5 Å². The Morgan fingerprint density at radius 1 is 1.24 bits per heavy atom. The van der Waals surface area contributed by atoms with E-state index in [0.717, 1.165) is 26.1 Å². The molecule has 1 N–H and O–H groups in total. The SMILES string of the molecule is O=C(Nc1cccnc1-c1ccco1)N1CC[C@H](CN2CCCC2)C1. The fourth-order valence-electron chi connectivity index (χ4n) is 3.81. The van der Waals surface area contributed by atoms with Crippen molar-refractivity contribution >= 4 is 11.7 Å². The number of furan rings is 1. The highest BCUT2D eigenvalue weighted by Crippen LogP contribution is 2.27. The van der Waals surface area contributed by atoms with Crippen molar-refractivity contribution in [2.45, 2.75) is 19.3 Å². The van der Waals surface area contributed by atoms with Crippen molar-refractivity contribution in [1.82, 2.24) is 14.8 Å². The summed E-state index contributed by atoms with van der Waals surface area (Å²) in [5.74, 6) is 1.24. The lowest BCUT2D eigenvalue weighted by atomic mass is 10.1. The molecule has 2 saturated heterocycles. The Morgan fingerprint density at radius 3 is 2.92 bits per heavy atom. The van der Waals surface area contributed by atoms with E-state index in [2.05, 4.69) is 15.2 Å². The number of rotatable bonds is 4. The molecule has 4 heterocycles. The number of aromatic nitrogens is 1. The Morgan fingerprint density at radius 2 is 2.12 bits per heavy atom. The van der Waals surface area contributed by atoms with E-state index in [-0.39, 0.29) is 6.03 Å². The van der Waals surface area contributed by atoms with Gasteiger partial charge in [-0.3, -0.25) is 4.98 Å². The lowest BCUT2D eigenvalue weighted by molar-refractivity contribution is 0.217. The topological polar surface area (TPSA) is 61.6 Å². The number of likely N-dealkylation sites (tertiary alicyclic amines) is 2. The first-order chi connectivity index (χ1) is 12.3. The minimum Gasteiger partial charge on any atom is -0.463 e. The largest absolute Gasteiger partial charge is 0.463 e. The van der Waals surface area contributed by atoms with E-state index in [1.54, 1.807) is 12.5 Å². The van der Waals surface area contributed by atoms with Crippen molar-refractivity contribution in [3.63, 3.8) is 0 Å². The molecule has 2 aliphatic rings. The Labute approximate surface area is 147 Å². The Balaban J connectivity index is 1.38. The van der Waals surface area contributed by atoms with Gasteiger partial charge in [-0.25, -0.2) is 4.79 Å². The van der Waals surface area contributed by atoms with Gasteiger partial charge in [0, 0.05) is 25.8 Å². The molecule has 0 bridgehead atoms. The highest BCUT2D eigenvalue weighted by molar-refractivity contribution is 5.93. The van der Waals surface area contributed by atoms with Gasteiger partial charge in [0.2, 0.25) is 0 Å². The van der Waals surface area contributed by atoms with Crippen molar-refractivity contribution in [3.8, 4) is 11.5 Å². The molecule has 2 aromatic heterocycles. The predicted octanol–water partition coefficient (Wildman–Crippen LogP) is 3.29. The molecule has 2 aromatic rings. The molecule has 132 valence electrons. The van der Waals surface area contributed by atoms with Crippen molar-refractivity contribution in [3.05, 3.63) is 36.7 Å². The molecular weight excluding hydrogens is 316 g/mol. The van der Waals surface area contributed by atoms with Crippen molar-refractivity contribution in [2.24, 2.45) is 5.92 Å². The summed E-state index contributed by atoms with van der Waals surface area (Å²) in [6.45, 7) is 5.20. The van der Waals surface area contributed by atoms with Crippen molar-refractivity contribution in [2.75, 3.05) is 38.0 Å². The Bertz CT molecular complexity index is 710. The van der Waals surface area contributed by atoms with Crippen molar-refractivity contribution < 1.29 is 9.21 Å². The fourth-order valence-corrected chi connectivity index (χ4v) is 3.81. The van der Waals surface area contributed by atoms with E-state index in [1.807, 2.05) is 29.2 Å². The molecular formula is C19H24N4O2. The fraction of sp³-hybridized carbons (Fsp3) is 0.474. The summed E-state index contributed by atoms with van der Waals surface area (Å²) in [4.78, 5) is 21.5. The molecule has 1 atom stereocenters. The number of amides is 2. The van der Waals surface area contributed by atoms with Gasteiger partial charge < -0.3 is 19.5 Å². The van der Waals surface area contributed by atoms with Crippen LogP contribution < -0.4 is 5.32 Å². The molecule has 0 spiro atoms. The number of carbonyl (C=O) groups excluding carboxylic acids is 1. The summed E-state index contributed by atoms with van der Waals surface area (Å²) in [7, 11) is 0. The minimum atomic E-state index is -0.0512. The average Bonchev–Trinajstić information content (AvgIpc) is 3.39. The second-order valence-corrected chi connectivity index (χ2v) is 6.92. The zero-order valence-electron chi connectivity index (χ0n) is 14.4. The molecule has 0 unspecified atom stereocenters. The smallest absolute Gasteiger partial charge is 0.321 e. The predicted molar refractivity (Wildman–Crippen MR) is 96.3 cm³/mol. The van der Waals surface area contributed by atoms with Gasteiger partial charge in [-0.1, -0.05) is 0 Å². The van der Waals surface area contributed by atoms with Crippen LogP contribution in [0, 0.1) is 5.92 Å². The standard InChI is InChI=1S/C19H24N4O2/c24-19(23-11-7-15(14-23)13-22-9-1-2-10-22)21-16-5-3-8-20-18(16)17-6-4-12-25-17/h3-6,8,12,15H,1-2,7,9-11,13-14H2,(H,21,24)/t15-/m1/s1. The van der Waals surface area contributed by atoms with Gasteiger partial charge in [0.05, 0.1) is 12.0 Å². The van der Waals surface area contributed by atoms with Crippen LogP contribution in [0.2, 0.25) is 0 Å². The van der Waals surface area contributed by atoms with Crippen LogP contribution in [0.5, 0.6) is 0 Å². The first-order valence-corrected chi connectivity index (χ1v) is 9.07. The molecule has 4 rings (SSSR count). The third-order valence-corrected chi connectivity index (χ3v) is 5.09. The molecule has 0 radical (unpaired) electrons. The number of urea groups is 1. The Hall–Kier alpha value is -2.34. The van der Waals surface area contributed by atoms with E-state index in [1.165, 1.54) is 25.9 Å². The van der Waals surface area contributed by atoms with Gasteiger partial charge >= 0.3 is 6.03 Å². The highest BCUT2D eigenvalue weighted by Gasteiger charge is 2.28. The van der Waals surface area contributed by atoms with Gasteiger partial charge in [0.15, 0.2) is 5.76 Å². The van der Waals surface area contributed by atoms with Gasteiger partial charge in [-0.2, -0.15) is 0 Å². The summed E-state index contributed by atoms with van der Waals surface area (Å²) in [6.07, 6.45) is 7.03. The summed E-state index contributed by atoms with van der Waals surface area (Å²) >= 11 is 0. The van der Waals surface area contributed by atoms with E-state index >= 15 is 0 Å². The van der Waals surface area contributed by atoms with Crippen LogP contribution in [-0.2, 0) is 0 Å². The molecule has 6 nitrogen and oxygen atoms in total. The van der Waals surface area contributed by atoms with Crippen LogP contribution in [0.3, 0.4) is 0 Å². The second kappa shape index (κ2) is 7.27. The van der Waals surface area contributed by atoms with E-state index in [0.29, 0.717) is 23.1 Å². The first kappa shape index (κ1) is 16.1. The Kier molecular flexibility index (Phi) is 4.70. The molecule has 2 amide bonds. The van der Waals surface area contributed by atoms with Crippen LogP contribution >= 0.6 is 0 Å². The molecule has 6 heteroatoms. The van der Waals surface area contributed by atoms with Gasteiger partial charge in [-0.15, -0.1) is 0 Å². The first-order valence-electron chi connectivity index (χ1n) is 9.07. The summed E-state index contributed by atoms with van der Waals surface area (Å²) in [5.41, 5.74) is 1.35. The minimum absolute atomic E-state index is 0.0512. The lowest BCUT2D eigenvalue weighted by Crippen LogP contribution is -2.35. The molecule has 0 aromatic carbocycles. The summed E-state index contributed by atoms with van der Waals surface area (Å²) < 4.78 is 5.43. The normalized spacial score (nSPS) is 21.0. The van der Waals surface area contributed by atoms with E-state index in [9.17, 15) is 4.79 Å². The monoisotopic (exact) mass is 340 g/mol. The third kappa shape index (κ3) is 3.69. The van der Waals surface area contributed by atoms with E-state index in [4.69, 9.17) is 4.42 Å². The zero-order chi connectivity index (χ0) is 17.1. The van der Waals surface area contributed by atoms with Crippen molar-refractivity contribution in [1.29, 1.82) is 0 Å². The van der Waals surface area contributed by atoms with Crippen LogP contribution in [0.15, 0.2) is 41.1 Å². The third-order valence-electron chi connectivity index (χ3n) is 5.09. The molecule has 25 heavy (non-hydrogen) atoms. The van der Waals surface area contributed by atoms with Gasteiger partial charge in [0.1, 0.15) is 5.69 Å². The maximum atomic E-state index is 12.7. The quantitative estimate of drug-likeness (QED) is 0.928. The van der Waals surface area contributed by atoms with Crippen LogP contribution in [0.1, 0.15) is 19.3 Å². The number of anilines is 1. The van der Waals surface area contributed by atoms with Crippen LogP contribution in [0.4, 0.5) is 10.5 Å². The number of carbonyl (C=O) groups is 1. The van der Waals surface area contributed by atoms with Crippen LogP contribution in [0.25, 0.3) is 11.5 Å². The van der Waals surface area contributed by atoms with E-state index < -0.39 is 0 Å². The summed E-state index contributed by atoms with van der Waals surface area (Å²) in [6, 6.07) is 7.30. The number of nitrogens with one attached hydrogen (secondary N) is 1. The summed E-state index contributed by atoms with van der Waals surface area (Å²) in [5, 5.41) is 3.01. The maximum absolute atomic E-state index is 12.7. The number of pyridine rings is 1. The second-order valence-electron chi connectivity index (χ2n) is 6.92. The maximum Gasteiger partial charge on any atom is 0.321 e.